The first-order valence-electron chi connectivity index (χ1n) is 19.8. The number of Topliss-reactive ketones (excluding diaryl/α,β-unsaturated/α-hetero) is 1. The molecule has 5 aliphatic rings. The summed E-state index contributed by atoms with van der Waals surface area (Å²) in [5, 5.41) is 9.60. The number of rotatable bonds is 11. The zero-order chi connectivity index (χ0) is 36.5. The lowest BCUT2D eigenvalue weighted by Gasteiger charge is -2.72. The van der Waals surface area contributed by atoms with Gasteiger partial charge in [-0.2, -0.15) is 0 Å². The highest BCUT2D eigenvalue weighted by Crippen LogP contribution is 2.77. The molecule has 7 heteroatoms. The Morgan fingerprint density at radius 3 is 2.18 bits per heavy atom. The van der Waals surface area contributed by atoms with E-state index in [1.54, 1.807) is 19.4 Å². The van der Waals surface area contributed by atoms with Crippen LogP contribution in [0.5, 0.6) is 0 Å². The van der Waals surface area contributed by atoms with Crippen LogP contribution in [-0.2, 0) is 19.1 Å². The lowest BCUT2D eigenvalue weighted by Crippen LogP contribution is -2.65. The molecular weight excluding hydrogens is 612 g/mol. The van der Waals surface area contributed by atoms with Crippen LogP contribution in [0.1, 0.15) is 147 Å². The lowest BCUT2D eigenvalue weighted by atomic mass is 9.33. The first kappa shape index (κ1) is 38.5. The molecule has 278 valence electrons. The quantitative estimate of drug-likeness (QED) is 0.211. The molecule has 8 atom stereocenters. The number of carbonyl (C=O) groups is 3. The Balaban J connectivity index is 1.44. The molecular formula is C42H70N2O5. The van der Waals surface area contributed by atoms with E-state index < -0.39 is 17.4 Å². The van der Waals surface area contributed by atoms with Crippen LogP contribution >= 0.6 is 0 Å². The number of hydrogen-bond donors (Lipinski definition) is 2. The fourth-order valence-electron chi connectivity index (χ4n) is 13.0. The molecule has 0 spiro atoms. The van der Waals surface area contributed by atoms with Gasteiger partial charge in [0.15, 0.2) is 5.78 Å². The molecule has 0 aromatic carbocycles. The Morgan fingerprint density at radius 1 is 0.918 bits per heavy atom. The molecule has 0 saturated heterocycles. The topological polar surface area (TPSA) is 110 Å². The summed E-state index contributed by atoms with van der Waals surface area (Å²) >= 11 is 0. The average Bonchev–Trinajstić information content (AvgIpc) is 3.29. The molecule has 5 rings (SSSR count). The number of nitrogens with two attached hydrogens (primary N) is 1. The zero-order valence-corrected chi connectivity index (χ0v) is 33.0. The third-order valence-electron chi connectivity index (χ3n) is 16.0. The fraction of sp³-hybridized carbons (Fsp3) is 0.881. The van der Waals surface area contributed by atoms with Crippen molar-refractivity contribution in [3.8, 4) is 0 Å². The minimum absolute atomic E-state index is 0.0218. The number of aliphatic carboxylic acids is 1. The van der Waals surface area contributed by atoms with Crippen LogP contribution in [0.2, 0.25) is 0 Å². The van der Waals surface area contributed by atoms with Gasteiger partial charge in [0, 0.05) is 36.4 Å². The van der Waals surface area contributed by atoms with E-state index >= 15 is 0 Å². The lowest BCUT2D eigenvalue weighted by molar-refractivity contribution is -0.233. The van der Waals surface area contributed by atoms with E-state index in [4.69, 9.17) is 10.5 Å². The highest BCUT2D eigenvalue weighted by Gasteiger charge is 2.70. The number of allylic oxidation sites excluding steroid dienone is 2. The van der Waals surface area contributed by atoms with E-state index in [0.717, 1.165) is 58.0 Å². The largest absolute Gasteiger partial charge is 0.481 e. The van der Waals surface area contributed by atoms with Gasteiger partial charge in [0.05, 0.1) is 11.8 Å². The molecule has 0 aromatic rings. The molecule has 0 amide bonds. The summed E-state index contributed by atoms with van der Waals surface area (Å²) in [5.41, 5.74) is 7.80. The van der Waals surface area contributed by atoms with E-state index in [1.165, 1.54) is 18.4 Å². The van der Waals surface area contributed by atoms with Crippen molar-refractivity contribution >= 4 is 17.7 Å². The second-order valence-electron chi connectivity index (χ2n) is 19.8. The number of esters is 1. The number of nitrogens with zero attached hydrogens (tertiary/aromatic N) is 1. The maximum Gasteiger partial charge on any atom is 0.309 e. The Morgan fingerprint density at radius 2 is 1.59 bits per heavy atom. The Bertz CT molecular complexity index is 1350. The SMILES string of the molecule is CC(C)C1=C2[C@H]3CCC4[C@@]5(C)CC[C@H](OC(=O)CC(C)(C)C(=O)O)C(C)(C)C5CC[C@@]4(C)[C@]3(C)CC[C@@]2(CCN(CCN)C(C)C)CC1=O. The van der Waals surface area contributed by atoms with Crippen molar-refractivity contribution in [1.82, 2.24) is 4.90 Å². The monoisotopic (exact) mass is 683 g/mol. The van der Waals surface area contributed by atoms with Gasteiger partial charge in [0.25, 0.3) is 0 Å². The van der Waals surface area contributed by atoms with Crippen LogP contribution in [0.3, 0.4) is 0 Å². The van der Waals surface area contributed by atoms with Crippen molar-refractivity contribution in [1.29, 1.82) is 0 Å². The standard InChI is InChI=1S/C42H70N2O5/c1-26(2)34-29(45)24-42(20-22-44(23-21-43)27(3)4)19-18-40(10)28(35(34)42)12-13-31-39(9)16-15-32(49-33(46)25-37(5,6)36(47)48)38(7,8)30(39)14-17-41(31,40)11/h26-28,30-32H,12-25,43H2,1-11H3,(H,47,48)/t28-,30?,31?,32+,39+,40-,41-,42-/m1/s1. The van der Waals surface area contributed by atoms with Crippen molar-refractivity contribution < 1.29 is 24.2 Å². The van der Waals surface area contributed by atoms with Crippen LogP contribution in [-0.4, -0.2) is 59.5 Å². The van der Waals surface area contributed by atoms with Gasteiger partial charge in [-0.15, -0.1) is 0 Å². The predicted molar refractivity (Wildman–Crippen MR) is 196 cm³/mol. The molecule has 2 unspecified atom stereocenters. The number of carboxylic acid groups (broad SMARTS) is 1. The van der Waals surface area contributed by atoms with E-state index in [-0.39, 0.29) is 45.5 Å². The molecule has 0 heterocycles. The average molecular weight is 683 g/mol. The molecule has 4 saturated carbocycles. The van der Waals surface area contributed by atoms with Crippen LogP contribution in [0.15, 0.2) is 11.1 Å². The van der Waals surface area contributed by atoms with Crippen molar-refractivity contribution in [2.24, 2.45) is 61.9 Å². The van der Waals surface area contributed by atoms with Crippen molar-refractivity contribution in [2.75, 3.05) is 19.6 Å². The Kier molecular flexibility index (Phi) is 10.2. The van der Waals surface area contributed by atoms with Gasteiger partial charge in [-0.1, -0.05) is 54.0 Å². The summed E-state index contributed by atoms with van der Waals surface area (Å²) in [7, 11) is 0. The van der Waals surface area contributed by atoms with E-state index in [2.05, 4.69) is 67.2 Å². The normalized spacial score (nSPS) is 38.7. The van der Waals surface area contributed by atoms with E-state index in [1.807, 2.05) is 0 Å². The summed E-state index contributed by atoms with van der Waals surface area (Å²) < 4.78 is 6.18. The third-order valence-corrected chi connectivity index (χ3v) is 16.0. The van der Waals surface area contributed by atoms with Gasteiger partial charge in [0.2, 0.25) is 0 Å². The second-order valence-corrected chi connectivity index (χ2v) is 19.8. The molecule has 4 fully saturated rings. The Hall–Kier alpha value is -1.73. The second kappa shape index (κ2) is 13.0. The molecule has 0 bridgehead atoms. The maximum atomic E-state index is 14.0. The number of carboxylic acids is 1. The molecule has 49 heavy (non-hydrogen) atoms. The summed E-state index contributed by atoms with van der Waals surface area (Å²) in [4.78, 5) is 41.3. The number of fused-ring (bicyclic) bond motifs is 7. The predicted octanol–water partition coefficient (Wildman–Crippen LogP) is 8.44. The molecule has 3 N–H and O–H groups in total. The van der Waals surface area contributed by atoms with Gasteiger partial charge in [0.1, 0.15) is 6.10 Å². The van der Waals surface area contributed by atoms with Crippen molar-refractivity contribution in [3.63, 3.8) is 0 Å². The summed E-state index contributed by atoms with van der Waals surface area (Å²) in [6.45, 7) is 27.1. The Labute approximate surface area is 297 Å². The van der Waals surface area contributed by atoms with E-state index in [9.17, 15) is 19.5 Å². The van der Waals surface area contributed by atoms with Gasteiger partial charge in [-0.3, -0.25) is 19.3 Å². The molecule has 5 aliphatic carbocycles. The number of ketones is 1. The first-order chi connectivity index (χ1) is 22.6. The number of hydrogen-bond acceptors (Lipinski definition) is 6. The highest BCUT2D eigenvalue weighted by atomic mass is 16.5. The van der Waals surface area contributed by atoms with Crippen LogP contribution in [0, 0.1) is 56.2 Å². The van der Waals surface area contributed by atoms with Crippen molar-refractivity contribution in [2.45, 2.75) is 159 Å². The maximum absolute atomic E-state index is 14.0. The smallest absolute Gasteiger partial charge is 0.309 e. The first-order valence-corrected chi connectivity index (χ1v) is 19.8. The molecule has 0 radical (unpaired) electrons. The van der Waals surface area contributed by atoms with E-state index in [0.29, 0.717) is 42.5 Å². The molecule has 0 aromatic heterocycles. The minimum Gasteiger partial charge on any atom is -0.481 e. The van der Waals surface area contributed by atoms with Crippen LogP contribution < -0.4 is 5.73 Å². The zero-order valence-electron chi connectivity index (χ0n) is 33.0. The van der Waals surface area contributed by atoms with Crippen LogP contribution in [0.4, 0.5) is 0 Å². The number of ether oxygens (including phenoxy) is 1. The third kappa shape index (κ3) is 6.07. The minimum atomic E-state index is -1.14. The summed E-state index contributed by atoms with van der Waals surface area (Å²) in [6, 6.07) is 0.438. The fourth-order valence-corrected chi connectivity index (χ4v) is 13.0. The van der Waals surface area contributed by atoms with Gasteiger partial charge < -0.3 is 15.6 Å². The van der Waals surface area contributed by atoms with Crippen LogP contribution in [0.25, 0.3) is 0 Å². The van der Waals surface area contributed by atoms with Gasteiger partial charge >= 0.3 is 11.9 Å². The summed E-state index contributed by atoms with van der Waals surface area (Å²) in [5.74, 6) is 0.713. The van der Waals surface area contributed by atoms with Gasteiger partial charge in [-0.05, 0) is 138 Å². The summed E-state index contributed by atoms with van der Waals surface area (Å²) in [6.07, 6.45) is 10.1. The number of carbonyl (C=O) groups excluding carboxylic acids is 2. The highest BCUT2D eigenvalue weighted by molar-refractivity contribution is 6.00. The molecule has 0 aliphatic heterocycles. The molecule has 7 nitrogen and oxygen atoms in total. The van der Waals surface area contributed by atoms with Crippen molar-refractivity contribution in [3.05, 3.63) is 11.1 Å². The van der Waals surface area contributed by atoms with Gasteiger partial charge in [-0.25, -0.2) is 0 Å².